The number of aryl methyl sites for hydroxylation is 1. The Labute approximate surface area is 193 Å². The molecule has 3 aromatic rings. The molecule has 0 spiro atoms. The summed E-state index contributed by atoms with van der Waals surface area (Å²) in [6.07, 6.45) is 4.37. The lowest BCUT2D eigenvalue weighted by atomic mass is 10.0. The van der Waals surface area contributed by atoms with Crippen molar-refractivity contribution in [2.24, 2.45) is 0 Å². The maximum atomic E-state index is 13.6. The van der Waals surface area contributed by atoms with Crippen LogP contribution in [0, 0.1) is 12.7 Å². The summed E-state index contributed by atoms with van der Waals surface area (Å²) < 4.78 is 20.9. The summed E-state index contributed by atoms with van der Waals surface area (Å²) in [7, 11) is 0. The zero-order chi connectivity index (χ0) is 22.8. The van der Waals surface area contributed by atoms with E-state index in [-0.39, 0.29) is 11.7 Å². The van der Waals surface area contributed by atoms with Crippen LogP contribution in [0.15, 0.2) is 54.7 Å². The second-order valence-electron chi connectivity index (χ2n) is 8.91. The number of benzene rings is 2. The molecular weight excluding hydrogens is 419 g/mol. The molecule has 2 fully saturated rings. The smallest absolute Gasteiger partial charge is 0.257 e. The minimum absolute atomic E-state index is 0.0170. The topological polar surface area (TPSA) is 50.6 Å². The number of ether oxygens (including phenoxy) is 1. The largest absolute Gasteiger partial charge is 0.377 e. The predicted octanol–water partition coefficient (Wildman–Crippen LogP) is 3.92. The van der Waals surface area contributed by atoms with E-state index < -0.39 is 0 Å². The van der Waals surface area contributed by atoms with Crippen LogP contribution in [0.25, 0.3) is 16.9 Å². The van der Waals surface area contributed by atoms with Gasteiger partial charge in [0.2, 0.25) is 0 Å². The highest BCUT2D eigenvalue weighted by Gasteiger charge is 2.28. The van der Waals surface area contributed by atoms with Gasteiger partial charge in [-0.1, -0.05) is 23.8 Å². The number of halogens is 1. The van der Waals surface area contributed by atoms with Crippen molar-refractivity contribution in [1.82, 2.24) is 19.6 Å². The van der Waals surface area contributed by atoms with Gasteiger partial charge in [-0.15, -0.1) is 0 Å². The van der Waals surface area contributed by atoms with Gasteiger partial charge in [-0.3, -0.25) is 9.69 Å². The molecule has 0 bridgehead atoms. The molecule has 0 N–H and O–H groups in total. The minimum atomic E-state index is -0.304. The van der Waals surface area contributed by atoms with Gasteiger partial charge < -0.3 is 9.64 Å². The maximum Gasteiger partial charge on any atom is 0.257 e. The Morgan fingerprint density at radius 3 is 2.61 bits per heavy atom. The molecule has 1 atom stereocenters. The maximum absolute atomic E-state index is 13.6. The number of hydrogen-bond acceptors (Lipinski definition) is 4. The van der Waals surface area contributed by atoms with Gasteiger partial charge in [0, 0.05) is 51.1 Å². The molecule has 172 valence electrons. The Balaban J connectivity index is 1.39. The van der Waals surface area contributed by atoms with Crippen LogP contribution in [-0.4, -0.2) is 70.9 Å². The fourth-order valence-electron chi connectivity index (χ4n) is 4.64. The zero-order valence-corrected chi connectivity index (χ0v) is 18.9. The first-order valence-electron chi connectivity index (χ1n) is 11.6. The molecule has 0 radical (unpaired) electrons. The number of rotatable bonds is 5. The zero-order valence-electron chi connectivity index (χ0n) is 18.9. The summed E-state index contributed by atoms with van der Waals surface area (Å²) in [6.45, 7) is 6.88. The fourth-order valence-corrected chi connectivity index (χ4v) is 4.64. The molecule has 0 unspecified atom stereocenters. The Hall–Kier alpha value is -3.03. The fraction of sp³-hybridized carbons (Fsp3) is 0.385. The Kier molecular flexibility index (Phi) is 6.24. The number of carbonyl (C=O) groups excluding carboxylic acids is 1. The highest BCUT2D eigenvalue weighted by Crippen LogP contribution is 2.26. The molecule has 3 heterocycles. The van der Waals surface area contributed by atoms with Crippen LogP contribution >= 0.6 is 0 Å². The average molecular weight is 449 g/mol. The van der Waals surface area contributed by atoms with Crippen LogP contribution in [0.5, 0.6) is 0 Å². The molecule has 0 aliphatic carbocycles. The Bertz CT molecular complexity index is 1110. The SMILES string of the molecule is Cc1cccc(-c2nn(-c3ccc(F)cc3)cc2C(=O)N2CCN(C[C@H]3CCCO3)CC2)c1. The van der Waals surface area contributed by atoms with Crippen LogP contribution in [-0.2, 0) is 4.74 Å². The van der Waals surface area contributed by atoms with Crippen LogP contribution in [0.4, 0.5) is 4.39 Å². The summed E-state index contributed by atoms with van der Waals surface area (Å²) >= 11 is 0. The van der Waals surface area contributed by atoms with Crippen LogP contribution in [0.1, 0.15) is 28.8 Å². The van der Waals surface area contributed by atoms with E-state index in [1.54, 1.807) is 23.0 Å². The molecule has 0 saturated carbocycles. The molecule has 1 aromatic heterocycles. The van der Waals surface area contributed by atoms with Crippen molar-refractivity contribution in [1.29, 1.82) is 0 Å². The van der Waals surface area contributed by atoms with Crippen molar-refractivity contribution < 1.29 is 13.9 Å². The first kappa shape index (κ1) is 21.8. The number of carbonyl (C=O) groups is 1. The lowest BCUT2D eigenvalue weighted by Crippen LogP contribution is -2.50. The van der Waals surface area contributed by atoms with E-state index in [9.17, 15) is 9.18 Å². The van der Waals surface area contributed by atoms with Gasteiger partial charge in [-0.25, -0.2) is 9.07 Å². The van der Waals surface area contributed by atoms with E-state index in [0.29, 0.717) is 36.1 Å². The monoisotopic (exact) mass is 448 g/mol. The number of amides is 1. The summed E-state index contributed by atoms with van der Waals surface area (Å²) in [5.74, 6) is -0.321. The van der Waals surface area contributed by atoms with Gasteiger partial charge in [0.25, 0.3) is 5.91 Å². The molecule has 6 nitrogen and oxygen atoms in total. The highest BCUT2D eigenvalue weighted by atomic mass is 19.1. The second-order valence-corrected chi connectivity index (χ2v) is 8.91. The van der Waals surface area contributed by atoms with E-state index in [0.717, 1.165) is 50.2 Å². The number of aromatic nitrogens is 2. The standard InChI is InChI=1S/C26H29FN4O2/c1-19-4-2-5-20(16-19)25-24(18-31(28-25)22-9-7-21(27)8-10-22)26(32)30-13-11-29(12-14-30)17-23-6-3-15-33-23/h2,4-5,7-10,16,18,23H,3,6,11-15,17H2,1H3/t23-/m1/s1. The van der Waals surface area contributed by atoms with Crippen molar-refractivity contribution in [3.05, 3.63) is 71.7 Å². The van der Waals surface area contributed by atoms with E-state index in [1.807, 2.05) is 36.1 Å². The summed E-state index contributed by atoms with van der Waals surface area (Å²) in [5.41, 5.74) is 3.93. The number of hydrogen-bond donors (Lipinski definition) is 0. The predicted molar refractivity (Wildman–Crippen MR) is 125 cm³/mol. The van der Waals surface area contributed by atoms with Crippen LogP contribution in [0.3, 0.4) is 0 Å². The van der Waals surface area contributed by atoms with Gasteiger partial charge in [0.1, 0.15) is 11.5 Å². The van der Waals surface area contributed by atoms with Crippen molar-refractivity contribution >= 4 is 5.91 Å². The van der Waals surface area contributed by atoms with Crippen molar-refractivity contribution in [3.63, 3.8) is 0 Å². The lowest BCUT2D eigenvalue weighted by molar-refractivity contribution is 0.0433. The van der Waals surface area contributed by atoms with E-state index in [4.69, 9.17) is 9.84 Å². The third-order valence-corrected chi connectivity index (χ3v) is 6.47. The minimum Gasteiger partial charge on any atom is -0.377 e. The summed E-state index contributed by atoms with van der Waals surface area (Å²) in [6, 6.07) is 14.1. The molecule has 1 amide bonds. The second kappa shape index (κ2) is 9.45. The number of nitrogens with zero attached hydrogens (tertiary/aromatic N) is 4. The first-order valence-corrected chi connectivity index (χ1v) is 11.6. The molecule has 33 heavy (non-hydrogen) atoms. The first-order chi connectivity index (χ1) is 16.1. The van der Waals surface area contributed by atoms with Gasteiger partial charge >= 0.3 is 0 Å². The van der Waals surface area contributed by atoms with Gasteiger partial charge in [0.15, 0.2) is 0 Å². The molecule has 2 aliphatic rings. The van der Waals surface area contributed by atoms with E-state index in [1.165, 1.54) is 12.1 Å². The lowest BCUT2D eigenvalue weighted by Gasteiger charge is -2.35. The molecule has 2 saturated heterocycles. The molecule has 5 rings (SSSR count). The Morgan fingerprint density at radius 2 is 1.91 bits per heavy atom. The normalized spacial score (nSPS) is 19.2. The van der Waals surface area contributed by atoms with Crippen molar-refractivity contribution in [2.45, 2.75) is 25.9 Å². The van der Waals surface area contributed by atoms with Crippen LogP contribution in [0.2, 0.25) is 0 Å². The summed E-state index contributed by atoms with van der Waals surface area (Å²) in [4.78, 5) is 17.9. The van der Waals surface area contributed by atoms with Crippen molar-refractivity contribution in [3.8, 4) is 16.9 Å². The number of piperazine rings is 1. The molecule has 2 aliphatic heterocycles. The average Bonchev–Trinajstić information content (AvgIpc) is 3.50. The van der Waals surface area contributed by atoms with Gasteiger partial charge in [-0.05, 0) is 50.1 Å². The van der Waals surface area contributed by atoms with E-state index >= 15 is 0 Å². The van der Waals surface area contributed by atoms with Crippen molar-refractivity contribution in [2.75, 3.05) is 39.3 Å². The van der Waals surface area contributed by atoms with Gasteiger partial charge in [-0.2, -0.15) is 5.10 Å². The van der Waals surface area contributed by atoms with E-state index in [2.05, 4.69) is 4.90 Å². The molecule has 2 aromatic carbocycles. The van der Waals surface area contributed by atoms with Crippen LogP contribution < -0.4 is 0 Å². The van der Waals surface area contributed by atoms with Gasteiger partial charge in [0.05, 0.1) is 17.4 Å². The summed E-state index contributed by atoms with van der Waals surface area (Å²) in [5, 5.41) is 4.74. The highest BCUT2D eigenvalue weighted by molar-refractivity contribution is 6.00. The molecular formula is C26H29FN4O2. The molecule has 7 heteroatoms. The third-order valence-electron chi connectivity index (χ3n) is 6.47. The Morgan fingerprint density at radius 1 is 1.12 bits per heavy atom. The quantitative estimate of drug-likeness (QED) is 0.594. The third kappa shape index (κ3) is 4.84.